The van der Waals surface area contributed by atoms with E-state index in [1.807, 2.05) is 0 Å². The zero-order valence-electron chi connectivity index (χ0n) is 12.9. The standard InChI is InChI=1S/C15H8Cl4F3N3O2/c16-8-9(17)11(25-12(19)10(8)18)14(27)24-7-3-1-2-6(4-7)13(26)23-5-15(20,21)22/h1-4H,5H2,(H,23,26)(H,24,27). The molecule has 5 nitrogen and oxygen atoms in total. The Bertz CT molecular complexity index is 907. The highest BCUT2D eigenvalue weighted by atomic mass is 35.5. The molecule has 0 aliphatic rings. The number of halogens is 7. The first-order valence-electron chi connectivity index (χ1n) is 6.96. The van der Waals surface area contributed by atoms with Crippen molar-refractivity contribution in [1.29, 1.82) is 0 Å². The van der Waals surface area contributed by atoms with Gasteiger partial charge < -0.3 is 10.6 Å². The molecule has 2 amide bonds. The van der Waals surface area contributed by atoms with Gasteiger partial charge in [0.05, 0.1) is 15.1 Å². The Kier molecular flexibility index (Phi) is 6.80. The van der Waals surface area contributed by atoms with Crippen molar-refractivity contribution in [2.24, 2.45) is 0 Å². The van der Waals surface area contributed by atoms with Gasteiger partial charge in [-0.15, -0.1) is 0 Å². The fourth-order valence-corrected chi connectivity index (χ4v) is 2.66. The molecule has 144 valence electrons. The molecule has 12 heteroatoms. The predicted molar refractivity (Wildman–Crippen MR) is 97.1 cm³/mol. The summed E-state index contributed by atoms with van der Waals surface area (Å²) in [4.78, 5) is 27.8. The number of rotatable bonds is 4. The van der Waals surface area contributed by atoms with E-state index in [4.69, 9.17) is 46.4 Å². The number of pyridine rings is 1. The van der Waals surface area contributed by atoms with Crippen LogP contribution in [0.15, 0.2) is 24.3 Å². The Labute approximate surface area is 170 Å². The smallest absolute Gasteiger partial charge is 0.343 e. The third-order valence-electron chi connectivity index (χ3n) is 3.03. The molecule has 1 heterocycles. The first kappa shape index (κ1) is 21.6. The maximum Gasteiger partial charge on any atom is 0.405 e. The molecule has 2 aromatic rings. The molecule has 0 bridgehead atoms. The van der Waals surface area contributed by atoms with Gasteiger partial charge in [-0.1, -0.05) is 52.5 Å². The maximum atomic E-state index is 12.3. The Morgan fingerprint density at radius 2 is 1.67 bits per heavy atom. The number of nitrogens with zero attached hydrogens (tertiary/aromatic N) is 1. The second kappa shape index (κ2) is 8.52. The van der Waals surface area contributed by atoms with Gasteiger partial charge in [0.25, 0.3) is 11.8 Å². The predicted octanol–water partition coefficient (Wildman–Crippen LogP) is 5.24. The van der Waals surface area contributed by atoms with Crippen LogP contribution in [0.25, 0.3) is 0 Å². The van der Waals surface area contributed by atoms with Crippen LogP contribution >= 0.6 is 46.4 Å². The molecule has 0 saturated heterocycles. The fraction of sp³-hybridized carbons (Fsp3) is 0.133. The minimum atomic E-state index is -4.54. The lowest BCUT2D eigenvalue weighted by atomic mass is 10.2. The van der Waals surface area contributed by atoms with Gasteiger partial charge in [0.2, 0.25) is 0 Å². The van der Waals surface area contributed by atoms with Crippen LogP contribution < -0.4 is 10.6 Å². The molecular formula is C15H8Cl4F3N3O2. The van der Waals surface area contributed by atoms with Gasteiger partial charge in [-0.2, -0.15) is 13.2 Å². The molecular weight excluding hydrogens is 453 g/mol. The minimum absolute atomic E-state index is 0.0942. The summed E-state index contributed by atoms with van der Waals surface area (Å²) in [7, 11) is 0. The van der Waals surface area contributed by atoms with Crippen molar-refractivity contribution in [3.63, 3.8) is 0 Å². The number of hydrogen-bond acceptors (Lipinski definition) is 3. The normalized spacial score (nSPS) is 11.2. The molecule has 0 radical (unpaired) electrons. The average molecular weight is 461 g/mol. The molecule has 1 aromatic carbocycles. The van der Waals surface area contributed by atoms with Crippen molar-refractivity contribution in [1.82, 2.24) is 10.3 Å². The van der Waals surface area contributed by atoms with Gasteiger partial charge in [-0.25, -0.2) is 4.98 Å². The molecule has 0 atom stereocenters. The molecule has 1 aromatic heterocycles. The number of hydrogen-bond donors (Lipinski definition) is 2. The summed E-state index contributed by atoms with van der Waals surface area (Å²) in [5, 5.41) is 3.36. The van der Waals surface area contributed by atoms with E-state index in [1.54, 1.807) is 5.32 Å². The van der Waals surface area contributed by atoms with E-state index in [9.17, 15) is 22.8 Å². The summed E-state index contributed by atoms with van der Waals surface area (Å²) in [5.74, 6) is -1.77. The Morgan fingerprint density at radius 3 is 2.30 bits per heavy atom. The lowest BCUT2D eigenvalue weighted by molar-refractivity contribution is -0.123. The van der Waals surface area contributed by atoms with E-state index in [1.165, 1.54) is 24.3 Å². The molecule has 27 heavy (non-hydrogen) atoms. The number of benzene rings is 1. The lowest BCUT2D eigenvalue weighted by Gasteiger charge is -2.11. The SMILES string of the molecule is O=C(NCC(F)(F)F)c1cccc(NC(=O)c2nc(Cl)c(Cl)c(Cl)c2Cl)c1. The van der Waals surface area contributed by atoms with Crippen LogP contribution in [-0.4, -0.2) is 29.5 Å². The number of nitrogens with one attached hydrogen (secondary N) is 2. The van der Waals surface area contributed by atoms with Crippen molar-refractivity contribution in [3.05, 3.63) is 55.7 Å². The highest BCUT2D eigenvalue weighted by Crippen LogP contribution is 2.36. The number of carbonyl (C=O) groups excluding carboxylic acids is 2. The third kappa shape index (κ3) is 5.62. The summed E-state index contributed by atoms with van der Waals surface area (Å²) in [6.45, 7) is -1.48. The number of alkyl halides is 3. The van der Waals surface area contributed by atoms with Crippen LogP contribution in [-0.2, 0) is 0 Å². The highest BCUT2D eigenvalue weighted by Gasteiger charge is 2.28. The number of anilines is 1. The van der Waals surface area contributed by atoms with Gasteiger partial charge in [0.1, 0.15) is 17.4 Å². The zero-order chi connectivity index (χ0) is 20.4. The van der Waals surface area contributed by atoms with Gasteiger partial charge >= 0.3 is 6.18 Å². The van der Waals surface area contributed by atoms with Crippen LogP contribution in [0.3, 0.4) is 0 Å². The molecule has 0 aliphatic heterocycles. The minimum Gasteiger partial charge on any atom is -0.343 e. The second-order valence-corrected chi connectivity index (χ2v) is 6.52. The number of aromatic nitrogens is 1. The summed E-state index contributed by atoms with van der Waals surface area (Å²) < 4.78 is 36.5. The van der Waals surface area contributed by atoms with Crippen LogP contribution in [0, 0.1) is 0 Å². The lowest BCUT2D eigenvalue weighted by Crippen LogP contribution is -2.33. The fourth-order valence-electron chi connectivity index (χ4n) is 1.85. The van der Waals surface area contributed by atoms with E-state index >= 15 is 0 Å². The van der Waals surface area contributed by atoms with Gasteiger partial charge in [-0.05, 0) is 18.2 Å². The van der Waals surface area contributed by atoms with Gasteiger partial charge in [-0.3, -0.25) is 9.59 Å². The number of amides is 2. The van der Waals surface area contributed by atoms with E-state index < -0.39 is 24.5 Å². The summed E-state index contributed by atoms with van der Waals surface area (Å²) in [6, 6.07) is 5.24. The van der Waals surface area contributed by atoms with E-state index in [-0.39, 0.29) is 37.2 Å². The molecule has 0 spiro atoms. The molecule has 0 aliphatic carbocycles. The molecule has 2 N–H and O–H groups in total. The van der Waals surface area contributed by atoms with Gasteiger partial charge in [0.15, 0.2) is 0 Å². The van der Waals surface area contributed by atoms with Crippen LogP contribution in [0.5, 0.6) is 0 Å². The zero-order valence-corrected chi connectivity index (χ0v) is 15.9. The molecule has 0 fully saturated rings. The van der Waals surface area contributed by atoms with Crippen molar-refractivity contribution in [2.45, 2.75) is 6.18 Å². The second-order valence-electron chi connectivity index (χ2n) is 5.03. The quantitative estimate of drug-likeness (QED) is 0.613. The first-order chi connectivity index (χ1) is 12.5. The van der Waals surface area contributed by atoms with Crippen molar-refractivity contribution >= 4 is 63.9 Å². The van der Waals surface area contributed by atoms with Crippen LogP contribution in [0.1, 0.15) is 20.8 Å². The summed E-state index contributed by atoms with van der Waals surface area (Å²) in [5.41, 5.74) is -0.300. The topological polar surface area (TPSA) is 71.1 Å². The highest BCUT2D eigenvalue weighted by molar-refractivity contribution is 6.52. The Morgan fingerprint density at radius 1 is 1.00 bits per heavy atom. The van der Waals surface area contributed by atoms with E-state index in [2.05, 4.69) is 10.3 Å². The van der Waals surface area contributed by atoms with E-state index in [0.29, 0.717) is 0 Å². The van der Waals surface area contributed by atoms with Crippen molar-refractivity contribution in [2.75, 3.05) is 11.9 Å². The molecule has 0 unspecified atom stereocenters. The monoisotopic (exact) mass is 459 g/mol. The summed E-state index contributed by atoms with van der Waals surface area (Å²) >= 11 is 23.3. The van der Waals surface area contributed by atoms with Crippen molar-refractivity contribution < 1.29 is 22.8 Å². The largest absolute Gasteiger partial charge is 0.405 e. The van der Waals surface area contributed by atoms with Crippen LogP contribution in [0.2, 0.25) is 20.2 Å². The average Bonchev–Trinajstić information content (AvgIpc) is 2.60. The third-order valence-corrected chi connectivity index (χ3v) is 4.71. The molecule has 2 rings (SSSR count). The molecule has 0 saturated carbocycles. The summed E-state index contributed by atoms with van der Waals surface area (Å²) in [6.07, 6.45) is -4.54. The van der Waals surface area contributed by atoms with E-state index in [0.717, 1.165) is 0 Å². The first-order valence-corrected chi connectivity index (χ1v) is 8.47. The maximum absolute atomic E-state index is 12.3. The Hall–Kier alpha value is -1.74. The Balaban J connectivity index is 2.19. The van der Waals surface area contributed by atoms with Crippen LogP contribution in [0.4, 0.5) is 18.9 Å². The van der Waals surface area contributed by atoms with Gasteiger partial charge in [0, 0.05) is 11.3 Å². The van der Waals surface area contributed by atoms with Crippen molar-refractivity contribution in [3.8, 4) is 0 Å². The number of carbonyl (C=O) groups is 2.